The summed E-state index contributed by atoms with van der Waals surface area (Å²) in [7, 11) is 0. The molecule has 0 radical (unpaired) electrons. The molecule has 1 aliphatic rings. The lowest BCUT2D eigenvalue weighted by molar-refractivity contribution is 0.505. The van der Waals surface area contributed by atoms with Gasteiger partial charge in [0, 0.05) is 16.3 Å². The quantitative estimate of drug-likeness (QED) is 0.481. The summed E-state index contributed by atoms with van der Waals surface area (Å²) in [5, 5.41) is 3.24. The molecule has 2 aromatic rings. The van der Waals surface area contributed by atoms with E-state index in [4.69, 9.17) is 0 Å². The molecule has 4 heteroatoms. The molecule has 1 aromatic carbocycles. The van der Waals surface area contributed by atoms with Crippen LogP contribution in [0.3, 0.4) is 0 Å². The van der Waals surface area contributed by atoms with Crippen molar-refractivity contribution < 1.29 is 8.78 Å². The zero-order valence-electron chi connectivity index (χ0n) is 20.6. The maximum atomic E-state index is 12.7. The molecule has 0 atom stereocenters. The van der Waals surface area contributed by atoms with Gasteiger partial charge in [-0.25, -0.2) is 8.78 Å². The van der Waals surface area contributed by atoms with Gasteiger partial charge in [0.25, 0.3) is 0 Å². The van der Waals surface area contributed by atoms with Gasteiger partial charge in [0.05, 0.1) is 0 Å². The van der Waals surface area contributed by atoms with Crippen molar-refractivity contribution in [3.8, 4) is 0 Å². The highest BCUT2D eigenvalue weighted by molar-refractivity contribution is 7.13. The molecule has 1 nitrogen and oxygen atoms in total. The van der Waals surface area contributed by atoms with E-state index in [0.29, 0.717) is 5.92 Å². The maximum Gasteiger partial charge on any atom is 0.159 e. The number of allylic oxidation sites excluding steroid dienone is 2. The third kappa shape index (κ3) is 11.9. The highest BCUT2D eigenvalue weighted by Gasteiger charge is 2.07. The van der Waals surface area contributed by atoms with Gasteiger partial charge >= 0.3 is 0 Å². The Morgan fingerprint density at radius 1 is 0.871 bits per heavy atom. The van der Waals surface area contributed by atoms with Crippen molar-refractivity contribution in [2.45, 2.75) is 68.2 Å². The van der Waals surface area contributed by atoms with E-state index >= 15 is 0 Å². The molecule has 1 aliphatic heterocycles. The molecule has 1 aromatic heterocycles. The van der Waals surface area contributed by atoms with Crippen molar-refractivity contribution in [1.29, 1.82) is 0 Å². The molecule has 2 heterocycles. The van der Waals surface area contributed by atoms with Crippen molar-refractivity contribution >= 4 is 16.9 Å². The molecule has 174 valence electrons. The summed E-state index contributed by atoms with van der Waals surface area (Å²) in [5.41, 5.74) is 2.25. The SMILES string of the molecule is CC.CC.CC(C)Cc1ccc(C2=CC=CNC2)s1.CC(C)Cc1ccc(F)c(F)c1. The minimum Gasteiger partial charge on any atom is -0.387 e. The predicted octanol–water partition coefficient (Wildman–Crippen LogP) is 8.66. The minimum atomic E-state index is -0.775. The van der Waals surface area contributed by atoms with Crippen molar-refractivity contribution in [1.82, 2.24) is 5.32 Å². The average Bonchev–Trinajstić information content (AvgIpc) is 3.22. The smallest absolute Gasteiger partial charge is 0.159 e. The van der Waals surface area contributed by atoms with Crippen LogP contribution in [0.5, 0.6) is 0 Å². The van der Waals surface area contributed by atoms with Crippen molar-refractivity contribution in [2.75, 3.05) is 6.54 Å². The first-order valence-corrected chi connectivity index (χ1v) is 12.3. The van der Waals surface area contributed by atoms with Crippen molar-refractivity contribution in [2.24, 2.45) is 11.8 Å². The van der Waals surface area contributed by atoms with Gasteiger partial charge in [-0.3, -0.25) is 0 Å². The average molecular weight is 450 g/mol. The minimum absolute atomic E-state index is 0.467. The molecule has 0 spiro atoms. The van der Waals surface area contributed by atoms with Crippen LogP contribution >= 0.6 is 11.3 Å². The van der Waals surface area contributed by atoms with E-state index in [2.05, 4.69) is 43.4 Å². The molecular weight excluding hydrogens is 408 g/mol. The highest BCUT2D eigenvalue weighted by Crippen LogP contribution is 2.26. The van der Waals surface area contributed by atoms with Crippen LogP contribution in [0.25, 0.3) is 5.57 Å². The van der Waals surface area contributed by atoms with E-state index in [-0.39, 0.29) is 0 Å². The summed E-state index contributed by atoms with van der Waals surface area (Å²) >= 11 is 1.93. The van der Waals surface area contributed by atoms with Gasteiger partial charge in [-0.05, 0) is 72.4 Å². The topological polar surface area (TPSA) is 12.0 Å². The Kier molecular flexibility index (Phi) is 15.7. The standard InChI is InChI=1S/C13H17NS.C10H12F2.2C2H6/c1-10(2)8-12-5-6-13(15-12)11-4-3-7-14-9-11;1-7(2)5-8-3-4-9(11)10(12)6-8;2*1-2/h3-7,10,14H,8-9H2,1-2H3;3-4,6-7H,5H2,1-2H3;2*1-2H3. The lowest BCUT2D eigenvalue weighted by atomic mass is 10.0. The van der Waals surface area contributed by atoms with Crippen molar-refractivity contribution in [3.05, 3.63) is 75.6 Å². The van der Waals surface area contributed by atoms with E-state index in [0.717, 1.165) is 24.4 Å². The number of rotatable bonds is 5. The summed E-state index contributed by atoms with van der Waals surface area (Å²) < 4.78 is 25.1. The number of nitrogens with one attached hydrogen (secondary N) is 1. The van der Waals surface area contributed by atoms with E-state index in [9.17, 15) is 8.78 Å². The number of hydrogen-bond acceptors (Lipinski definition) is 2. The first kappa shape index (κ1) is 29.1. The van der Waals surface area contributed by atoms with Crippen LogP contribution in [0.1, 0.15) is 70.7 Å². The molecule has 0 fully saturated rings. The van der Waals surface area contributed by atoms with Crippen LogP contribution in [0.2, 0.25) is 0 Å². The molecule has 0 unspecified atom stereocenters. The number of halogens is 2. The first-order valence-electron chi connectivity index (χ1n) is 11.5. The van der Waals surface area contributed by atoms with Gasteiger partial charge in [0.15, 0.2) is 11.6 Å². The zero-order valence-corrected chi connectivity index (χ0v) is 21.4. The fourth-order valence-corrected chi connectivity index (χ4v) is 4.07. The van der Waals surface area contributed by atoms with Gasteiger partial charge in [0.1, 0.15) is 0 Å². The van der Waals surface area contributed by atoms with Gasteiger partial charge in [0.2, 0.25) is 0 Å². The second kappa shape index (κ2) is 16.7. The van der Waals surface area contributed by atoms with Crippen LogP contribution in [-0.4, -0.2) is 6.54 Å². The van der Waals surface area contributed by atoms with E-state index in [1.165, 1.54) is 33.9 Å². The normalized spacial score (nSPS) is 11.9. The zero-order chi connectivity index (χ0) is 23.8. The fraction of sp³-hybridized carbons (Fsp3) is 0.481. The number of thiophene rings is 1. The van der Waals surface area contributed by atoms with Crippen LogP contribution in [0.4, 0.5) is 8.78 Å². The van der Waals surface area contributed by atoms with Gasteiger partial charge < -0.3 is 5.32 Å². The third-order valence-corrected chi connectivity index (χ3v) is 5.20. The van der Waals surface area contributed by atoms with Crippen LogP contribution < -0.4 is 5.32 Å². The van der Waals surface area contributed by atoms with Crippen LogP contribution in [-0.2, 0) is 12.8 Å². The second-order valence-electron chi connectivity index (χ2n) is 7.64. The molecular formula is C27H41F2NS. The molecule has 0 saturated heterocycles. The molecule has 3 rings (SSSR count). The Bertz CT molecular complexity index is 788. The maximum absolute atomic E-state index is 12.7. The Balaban J connectivity index is 0.000000510. The van der Waals surface area contributed by atoms with E-state index in [1.54, 1.807) is 6.07 Å². The Morgan fingerprint density at radius 3 is 2.03 bits per heavy atom. The molecule has 0 amide bonds. The summed E-state index contributed by atoms with van der Waals surface area (Å²) in [6.45, 7) is 17.6. The Morgan fingerprint density at radius 2 is 1.52 bits per heavy atom. The molecule has 31 heavy (non-hydrogen) atoms. The summed E-state index contributed by atoms with van der Waals surface area (Å²) in [6.07, 6.45) is 8.24. The van der Waals surface area contributed by atoms with Crippen LogP contribution in [0.15, 0.2) is 48.7 Å². The predicted molar refractivity (Wildman–Crippen MR) is 136 cm³/mol. The van der Waals surface area contributed by atoms with Crippen molar-refractivity contribution in [3.63, 3.8) is 0 Å². The molecule has 0 bridgehead atoms. The fourth-order valence-electron chi connectivity index (χ4n) is 2.83. The molecule has 0 aliphatic carbocycles. The number of dihydropyridines is 1. The number of hydrogen-bond donors (Lipinski definition) is 1. The van der Waals surface area contributed by atoms with Gasteiger partial charge in [-0.2, -0.15) is 0 Å². The molecule has 0 saturated carbocycles. The third-order valence-electron chi connectivity index (χ3n) is 4.02. The van der Waals surface area contributed by atoms with E-state index < -0.39 is 11.6 Å². The van der Waals surface area contributed by atoms with E-state index in [1.807, 2.05) is 59.1 Å². The number of benzene rings is 1. The summed E-state index contributed by atoms with van der Waals surface area (Å²) in [4.78, 5) is 2.90. The van der Waals surface area contributed by atoms with Gasteiger partial charge in [-0.15, -0.1) is 11.3 Å². The monoisotopic (exact) mass is 449 g/mol. The summed E-state index contributed by atoms with van der Waals surface area (Å²) in [5.74, 6) is -0.319. The van der Waals surface area contributed by atoms with Gasteiger partial charge in [-0.1, -0.05) is 67.5 Å². The molecule has 1 N–H and O–H groups in total. The first-order chi connectivity index (χ1) is 14.8. The largest absolute Gasteiger partial charge is 0.387 e. The lowest BCUT2D eigenvalue weighted by Gasteiger charge is -2.08. The Labute approximate surface area is 193 Å². The second-order valence-corrected chi connectivity index (χ2v) is 8.81. The van der Waals surface area contributed by atoms with Crippen LogP contribution in [0, 0.1) is 23.5 Å². The Hall–Kier alpha value is -1.94. The lowest BCUT2D eigenvalue weighted by Crippen LogP contribution is -2.10. The summed E-state index contributed by atoms with van der Waals surface area (Å²) in [6, 6.07) is 8.56. The highest BCUT2D eigenvalue weighted by atomic mass is 32.1.